The van der Waals surface area contributed by atoms with E-state index in [9.17, 15) is 4.79 Å². The van der Waals surface area contributed by atoms with Crippen molar-refractivity contribution in [1.29, 1.82) is 0 Å². The van der Waals surface area contributed by atoms with Gasteiger partial charge in [0.05, 0.1) is 5.69 Å². The Labute approximate surface area is 123 Å². The maximum Gasteiger partial charge on any atom is 0.227 e. The zero-order chi connectivity index (χ0) is 14.2. The molecular weight excluding hydrogens is 264 g/mol. The van der Waals surface area contributed by atoms with Crippen LogP contribution in [0.25, 0.3) is 5.69 Å². The molecule has 0 spiro atoms. The summed E-state index contributed by atoms with van der Waals surface area (Å²) >= 11 is 0. The molecule has 0 radical (unpaired) electrons. The first-order valence-electron chi connectivity index (χ1n) is 7.55. The molecule has 0 saturated heterocycles. The van der Waals surface area contributed by atoms with E-state index in [-0.39, 0.29) is 11.8 Å². The summed E-state index contributed by atoms with van der Waals surface area (Å²) in [4.78, 5) is 12.5. The second-order valence-electron chi connectivity index (χ2n) is 6.19. The molecule has 0 aliphatic heterocycles. The number of nitrogens with zero attached hydrogens (tertiary/aromatic N) is 3. The van der Waals surface area contributed by atoms with E-state index in [1.165, 1.54) is 19.3 Å². The topological polar surface area (TPSA) is 59.8 Å². The van der Waals surface area contributed by atoms with E-state index in [0.717, 1.165) is 23.7 Å². The van der Waals surface area contributed by atoms with Gasteiger partial charge in [0.25, 0.3) is 0 Å². The molecule has 1 aromatic carbocycles. The van der Waals surface area contributed by atoms with E-state index in [1.54, 1.807) is 12.7 Å². The Morgan fingerprint density at radius 3 is 2.76 bits per heavy atom. The molecule has 21 heavy (non-hydrogen) atoms. The summed E-state index contributed by atoms with van der Waals surface area (Å²) in [7, 11) is 0. The number of rotatable bonds is 3. The molecule has 4 rings (SSSR count). The number of anilines is 1. The van der Waals surface area contributed by atoms with Crippen LogP contribution < -0.4 is 5.32 Å². The summed E-state index contributed by atoms with van der Waals surface area (Å²) in [5.41, 5.74) is 1.79. The standard InChI is InChI=1S/C16H18N4O/c21-16(15-7-11-4-5-12(15)6-11)19-13-2-1-3-14(8-13)20-9-17-18-10-20/h1-3,8-12,15H,4-7H2,(H,19,21). The minimum Gasteiger partial charge on any atom is -0.326 e. The van der Waals surface area contributed by atoms with Gasteiger partial charge in [-0.15, -0.1) is 10.2 Å². The van der Waals surface area contributed by atoms with Crippen LogP contribution in [0.15, 0.2) is 36.9 Å². The molecule has 2 aliphatic rings. The van der Waals surface area contributed by atoms with E-state index < -0.39 is 0 Å². The first kappa shape index (κ1) is 12.6. The molecule has 2 aromatic rings. The number of aromatic nitrogens is 3. The molecule has 5 heteroatoms. The zero-order valence-corrected chi connectivity index (χ0v) is 11.8. The van der Waals surface area contributed by atoms with E-state index >= 15 is 0 Å². The predicted molar refractivity (Wildman–Crippen MR) is 78.9 cm³/mol. The van der Waals surface area contributed by atoms with E-state index in [2.05, 4.69) is 15.5 Å². The number of amides is 1. The number of fused-ring (bicyclic) bond motifs is 2. The third-order valence-electron chi connectivity index (χ3n) is 4.91. The van der Waals surface area contributed by atoms with Crippen LogP contribution in [0.5, 0.6) is 0 Å². The van der Waals surface area contributed by atoms with Crippen molar-refractivity contribution in [1.82, 2.24) is 14.8 Å². The first-order valence-corrected chi connectivity index (χ1v) is 7.55. The minimum absolute atomic E-state index is 0.183. The van der Waals surface area contributed by atoms with Crippen LogP contribution in [0, 0.1) is 17.8 Å². The highest BCUT2D eigenvalue weighted by Gasteiger charge is 2.42. The van der Waals surface area contributed by atoms with Gasteiger partial charge in [0.2, 0.25) is 5.91 Å². The molecule has 108 valence electrons. The molecule has 2 fully saturated rings. The highest BCUT2D eigenvalue weighted by molar-refractivity contribution is 5.93. The van der Waals surface area contributed by atoms with Gasteiger partial charge in [0.15, 0.2) is 0 Å². The SMILES string of the molecule is O=C(Nc1cccc(-n2cnnc2)c1)C1CC2CCC1C2. The van der Waals surface area contributed by atoms with Crippen LogP contribution in [0.3, 0.4) is 0 Å². The van der Waals surface area contributed by atoms with Crippen LogP contribution in [0.4, 0.5) is 5.69 Å². The molecule has 2 aliphatic carbocycles. The Morgan fingerprint density at radius 2 is 2.05 bits per heavy atom. The number of carbonyl (C=O) groups is 1. The fourth-order valence-electron chi connectivity index (χ4n) is 3.88. The van der Waals surface area contributed by atoms with Crippen LogP contribution in [0.2, 0.25) is 0 Å². The van der Waals surface area contributed by atoms with Crippen molar-refractivity contribution >= 4 is 11.6 Å². The summed E-state index contributed by atoms with van der Waals surface area (Å²) < 4.78 is 1.83. The quantitative estimate of drug-likeness (QED) is 0.941. The van der Waals surface area contributed by atoms with Gasteiger partial charge in [0, 0.05) is 11.6 Å². The molecule has 1 N–H and O–H groups in total. The van der Waals surface area contributed by atoms with Crippen molar-refractivity contribution < 1.29 is 4.79 Å². The number of carbonyl (C=O) groups excluding carboxylic acids is 1. The fraction of sp³-hybridized carbons (Fsp3) is 0.438. The lowest BCUT2D eigenvalue weighted by atomic mass is 9.88. The van der Waals surface area contributed by atoms with Crippen molar-refractivity contribution in [2.45, 2.75) is 25.7 Å². The average molecular weight is 282 g/mol. The van der Waals surface area contributed by atoms with Crippen LogP contribution in [-0.4, -0.2) is 20.7 Å². The fourth-order valence-corrected chi connectivity index (χ4v) is 3.88. The summed E-state index contributed by atoms with van der Waals surface area (Å²) in [6.07, 6.45) is 8.16. The number of hydrogen-bond acceptors (Lipinski definition) is 3. The second-order valence-corrected chi connectivity index (χ2v) is 6.19. The average Bonchev–Trinajstić information content (AvgIpc) is 3.24. The second kappa shape index (κ2) is 4.98. The van der Waals surface area contributed by atoms with Crippen molar-refractivity contribution in [3.63, 3.8) is 0 Å². The van der Waals surface area contributed by atoms with Gasteiger partial charge in [-0.1, -0.05) is 12.5 Å². The summed E-state index contributed by atoms with van der Waals surface area (Å²) in [5.74, 6) is 1.79. The Balaban J connectivity index is 1.50. The van der Waals surface area contributed by atoms with Crippen LogP contribution >= 0.6 is 0 Å². The Morgan fingerprint density at radius 1 is 1.19 bits per heavy atom. The summed E-state index contributed by atoms with van der Waals surface area (Å²) in [5, 5.41) is 10.7. The molecular formula is C16H18N4O. The Hall–Kier alpha value is -2.17. The Kier molecular flexibility index (Phi) is 2.98. The van der Waals surface area contributed by atoms with Crippen molar-refractivity contribution in [2.75, 3.05) is 5.32 Å². The number of nitrogens with one attached hydrogen (secondary N) is 1. The predicted octanol–water partition coefficient (Wildman–Crippen LogP) is 2.64. The van der Waals surface area contributed by atoms with Crippen LogP contribution in [-0.2, 0) is 4.79 Å². The lowest BCUT2D eigenvalue weighted by molar-refractivity contribution is -0.121. The van der Waals surface area contributed by atoms with E-state index in [0.29, 0.717) is 5.92 Å². The first-order chi connectivity index (χ1) is 10.3. The molecule has 2 bridgehead atoms. The van der Waals surface area contributed by atoms with Gasteiger partial charge in [-0.2, -0.15) is 0 Å². The maximum absolute atomic E-state index is 12.5. The maximum atomic E-state index is 12.5. The van der Waals surface area contributed by atoms with Gasteiger partial charge in [-0.25, -0.2) is 0 Å². The molecule has 2 saturated carbocycles. The van der Waals surface area contributed by atoms with Crippen molar-refractivity contribution in [3.05, 3.63) is 36.9 Å². The third kappa shape index (κ3) is 2.33. The molecule has 1 aromatic heterocycles. The molecule has 5 nitrogen and oxygen atoms in total. The normalized spacial score (nSPS) is 27.0. The molecule has 3 unspecified atom stereocenters. The summed E-state index contributed by atoms with van der Waals surface area (Å²) in [6.45, 7) is 0. The van der Waals surface area contributed by atoms with Gasteiger partial charge in [0.1, 0.15) is 12.7 Å². The molecule has 1 amide bonds. The largest absolute Gasteiger partial charge is 0.326 e. The van der Waals surface area contributed by atoms with Gasteiger partial charge in [-0.3, -0.25) is 9.36 Å². The van der Waals surface area contributed by atoms with E-state index in [4.69, 9.17) is 0 Å². The van der Waals surface area contributed by atoms with Crippen molar-refractivity contribution in [2.24, 2.45) is 17.8 Å². The Bertz CT molecular complexity index is 652. The smallest absolute Gasteiger partial charge is 0.227 e. The van der Waals surface area contributed by atoms with E-state index in [1.807, 2.05) is 28.8 Å². The minimum atomic E-state index is 0.183. The highest BCUT2D eigenvalue weighted by Crippen LogP contribution is 2.48. The van der Waals surface area contributed by atoms with Gasteiger partial charge < -0.3 is 5.32 Å². The summed E-state index contributed by atoms with van der Waals surface area (Å²) in [6, 6.07) is 7.79. The highest BCUT2D eigenvalue weighted by atomic mass is 16.1. The van der Waals surface area contributed by atoms with Gasteiger partial charge in [-0.05, 0) is 49.3 Å². The van der Waals surface area contributed by atoms with Gasteiger partial charge >= 0.3 is 0 Å². The monoisotopic (exact) mass is 282 g/mol. The lowest BCUT2D eigenvalue weighted by Gasteiger charge is -2.20. The number of benzene rings is 1. The van der Waals surface area contributed by atoms with Crippen LogP contribution in [0.1, 0.15) is 25.7 Å². The zero-order valence-electron chi connectivity index (χ0n) is 11.8. The number of hydrogen-bond donors (Lipinski definition) is 1. The molecule has 3 atom stereocenters. The third-order valence-corrected chi connectivity index (χ3v) is 4.91. The molecule has 1 heterocycles. The van der Waals surface area contributed by atoms with Crippen molar-refractivity contribution in [3.8, 4) is 5.69 Å². The lowest BCUT2D eigenvalue weighted by Crippen LogP contribution is -2.27.